The van der Waals surface area contributed by atoms with Crippen molar-refractivity contribution in [1.82, 2.24) is 5.32 Å². The zero-order chi connectivity index (χ0) is 19.4. The topological polar surface area (TPSA) is 146 Å². The van der Waals surface area contributed by atoms with Crippen molar-refractivity contribution in [3.63, 3.8) is 0 Å². The second kappa shape index (κ2) is 13.1. The third-order valence-corrected chi connectivity index (χ3v) is 4.25. The molecule has 26 heavy (non-hydrogen) atoms. The van der Waals surface area contributed by atoms with E-state index < -0.39 is 37.3 Å². The molecule has 1 fully saturated rings. The van der Waals surface area contributed by atoms with Gasteiger partial charge >= 0.3 is 0 Å². The molecule has 0 radical (unpaired) electrons. The number of hydrogen-bond acceptors (Lipinski definition) is 8. The molecule has 5 N–H and O–H groups in total. The van der Waals surface area contributed by atoms with Gasteiger partial charge in [0.15, 0.2) is 6.29 Å². The molecule has 0 saturated carbocycles. The van der Waals surface area contributed by atoms with E-state index in [-0.39, 0.29) is 12.5 Å². The van der Waals surface area contributed by atoms with E-state index in [0.29, 0.717) is 32.2 Å². The number of amides is 1. The SMILES string of the molecule is O=CCCCCCNC(=O)CCCCOC1OC(CO)C(O)C(O)C1O. The largest absolute Gasteiger partial charge is 0.394 e. The minimum Gasteiger partial charge on any atom is -0.394 e. The molecule has 0 aliphatic carbocycles. The molecule has 152 valence electrons. The van der Waals surface area contributed by atoms with Crippen LogP contribution >= 0.6 is 0 Å². The van der Waals surface area contributed by atoms with Crippen molar-refractivity contribution in [2.24, 2.45) is 0 Å². The Labute approximate surface area is 153 Å². The summed E-state index contributed by atoms with van der Waals surface area (Å²) in [6.45, 7) is 0.306. The van der Waals surface area contributed by atoms with Crippen molar-refractivity contribution in [3.05, 3.63) is 0 Å². The first-order valence-corrected chi connectivity index (χ1v) is 9.13. The molecule has 1 rings (SSSR count). The Balaban J connectivity index is 2.09. The van der Waals surface area contributed by atoms with Crippen LogP contribution in [0.3, 0.4) is 0 Å². The minimum absolute atomic E-state index is 0.0479. The van der Waals surface area contributed by atoms with Crippen LogP contribution in [-0.2, 0) is 19.1 Å². The van der Waals surface area contributed by atoms with Crippen molar-refractivity contribution in [3.8, 4) is 0 Å². The van der Waals surface area contributed by atoms with Gasteiger partial charge in [-0.05, 0) is 25.7 Å². The Bertz CT molecular complexity index is 406. The number of rotatable bonds is 13. The van der Waals surface area contributed by atoms with Gasteiger partial charge in [-0.3, -0.25) is 4.79 Å². The zero-order valence-corrected chi connectivity index (χ0v) is 15.0. The fourth-order valence-corrected chi connectivity index (χ4v) is 2.64. The molecular weight excluding hydrogens is 346 g/mol. The molecular formula is C17H31NO8. The normalized spacial score (nSPS) is 28.7. The first-order chi connectivity index (χ1) is 12.5. The average Bonchev–Trinajstić information content (AvgIpc) is 2.64. The highest BCUT2D eigenvalue weighted by Crippen LogP contribution is 2.22. The molecule has 1 saturated heterocycles. The first kappa shape index (κ1) is 22.9. The molecule has 0 spiro atoms. The van der Waals surface area contributed by atoms with Gasteiger partial charge in [0.25, 0.3) is 0 Å². The minimum atomic E-state index is -1.46. The van der Waals surface area contributed by atoms with Crippen LogP contribution in [0.25, 0.3) is 0 Å². The van der Waals surface area contributed by atoms with Gasteiger partial charge in [-0.25, -0.2) is 0 Å². The maximum atomic E-state index is 11.6. The highest BCUT2D eigenvalue weighted by Gasteiger charge is 2.43. The maximum Gasteiger partial charge on any atom is 0.219 e. The average molecular weight is 377 g/mol. The Kier molecular flexibility index (Phi) is 11.6. The lowest BCUT2D eigenvalue weighted by Crippen LogP contribution is -2.59. The number of carbonyl (C=O) groups is 2. The van der Waals surface area contributed by atoms with Crippen LogP contribution in [0.2, 0.25) is 0 Å². The zero-order valence-electron chi connectivity index (χ0n) is 15.0. The highest BCUT2D eigenvalue weighted by molar-refractivity contribution is 5.75. The fourth-order valence-electron chi connectivity index (χ4n) is 2.64. The van der Waals surface area contributed by atoms with Crippen LogP contribution in [0, 0.1) is 0 Å². The van der Waals surface area contributed by atoms with Gasteiger partial charge in [0.1, 0.15) is 30.7 Å². The lowest BCUT2D eigenvalue weighted by atomic mass is 9.99. The summed E-state index contributed by atoms with van der Waals surface area (Å²) in [5, 5.41) is 41.0. The molecule has 1 heterocycles. The first-order valence-electron chi connectivity index (χ1n) is 9.13. The van der Waals surface area contributed by atoms with Crippen molar-refractivity contribution < 1.29 is 39.5 Å². The summed E-state index contributed by atoms with van der Waals surface area (Å²) >= 11 is 0. The highest BCUT2D eigenvalue weighted by atomic mass is 16.7. The molecule has 0 aromatic rings. The predicted molar refractivity (Wildman–Crippen MR) is 91.1 cm³/mol. The van der Waals surface area contributed by atoms with Gasteiger partial charge in [0.05, 0.1) is 6.61 Å². The number of carbonyl (C=O) groups excluding carboxylic acids is 2. The molecule has 9 nitrogen and oxygen atoms in total. The smallest absolute Gasteiger partial charge is 0.219 e. The van der Waals surface area contributed by atoms with E-state index >= 15 is 0 Å². The Morgan fingerprint density at radius 2 is 1.81 bits per heavy atom. The van der Waals surface area contributed by atoms with Crippen LogP contribution in [0.1, 0.15) is 44.9 Å². The van der Waals surface area contributed by atoms with E-state index in [4.69, 9.17) is 14.6 Å². The van der Waals surface area contributed by atoms with Crippen molar-refractivity contribution >= 4 is 12.2 Å². The summed E-state index contributed by atoms with van der Waals surface area (Å²) in [6, 6.07) is 0. The predicted octanol–water partition coefficient (Wildman–Crippen LogP) is -1.15. The van der Waals surface area contributed by atoms with E-state index in [9.17, 15) is 24.9 Å². The van der Waals surface area contributed by atoms with Gasteiger partial charge in [-0.2, -0.15) is 0 Å². The summed E-state index contributed by atoms with van der Waals surface area (Å²) in [4.78, 5) is 21.8. The monoisotopic (exact) mass is 377 g/mol. The summed E-state index contributed by atoms with van der Waals surface area (Å²) in [5.41, 5.74) is 0. The summed E-state index contributed by atoms with van der Waals surface area (Å²) in [7, 11) is 0. The summed E-state index contributed by atoms with van der Waals surface area (Å²) in [6.07, 6.45) is -0.840. The molecule has 1 aliphatic heterocycles. The maximum absolute atomic E-state index is 11.6. The van der Waals surface area contributed by atoms with E-state index in [1.165, 1.54) is 0 Å². The Morgan fingerprint density at radius 1 is 1.04 bits per heavy atom. The number of aliphatic hydroxyl groups is 4. The van der Waals surface area contributed by atoms with E-state index in [2.05, 4.69) is 5.32 Å². The van der Waals surface area contributed by atoms with Gasteiger partial charge in [0, 0.05) is 26.0 Å². The Hall–Kier alpha value is -1.10. The van der Waals surface area contributed by atoms with Crippen LogP contribution in [0.15, 0.2) is 0 Å². The molecule has 0 aromatic heterocycles. The van der Waals surface area contributed by atoms with E-state index in [1.807, 2.05) is 0 Å². The molecule has 9 heteroatoms. The number of ether oxygens (including phenoxy) is 2. The summed E-state index contributed by atoms with van der Waals surface area (Å²) < 4.78 is 10.6. The molecule has 0 bridgehead atoms. The van der Waals surface area contributed by atoms with E-state index in [0.717, 1.165) is 25.5 Å². The molecule has 1 aliphatic rings. The second-order valence-corrected chi connectivity index (χ2v) is 6.39. The number of unbranched alkanes of at least 4 members (excludes halogenated alkanes) is 4. The van der Waals surface area contributed by atoms with Gasteiger partial charge in [-0.15, -0.1) is 0 Å². The van der Waals surface area contributed by atoms with Gasteiger partial charge < -0.3 is 40.0 Å². The molecule has 1 amide bonds. The number of hydrogen-bond donors (Lipinski definition) is 5. The number of nitrogens with one attached hydrogen (secondary N) is 1. The Morgan fingerprint density at radius 3 is 2.50 bits per heavy atom. The second-order valence-electron chi connectivity index (χ2n) is 6.39. The van der Waals surface area contributed by atoms with Crippen LogP contribution in [0.5, 0.6) is 0 Å². The molecule has 5 atom stereocenters. The van der Waals surface area contributed by atoms with Crippen molar-refractivity contribution in [2.75, 3.05) is 19.8 Å². The lowest BCUT2D eigenvalue weighted by Gasteiger charge is -2.39. The van der Waals surface area contributed by atoms with Crippen LogP contribution in [-0.4, -0.2) is 83.1 Å². The molecule has 5 unspecified atom stereocenters. The van der Waals surface area contributed by atoms with E-state index in [1.54, 1.807) is 0 Å². The van der Waals surface area contributed by atoms with Crippen LogP contribution in [0.4, 0.5) is 0 Å². The quantitative estimate of drug-likeness (QED) is 0.200. The number of aliphatic hydroxyl groups excluding tert-OH is 4. The third-order valence-electron chi connectivity index (χ3n) is 4.25. The van der Waals surface area contributed by atoms with Gasteiger partial charge in [0.2, 0.25) is 5.91 Å². The van der Waals surface area contributed by atoms with Gasteiger partial charge in [-0.1, -0.05) is 6.42 Å². The standard InChI is InChI=1S/C17H31NO8/c19-9-5-2-1-4-8-18-13(21)7-3-6-10-25-17-16(24)15(23)14(22)12(11-20)26-17/h9,12,14-17,20,22-24H,1-8,10-11H2,(H,18,21). The molecule has 0 aromatic carbocycles. The van der Waals surface area contributed by atoms with Crippen LogP contribution < -0.4 is 5.32 Å². The van der Waals surface area contributed by atoms with Crippen molar-refractivity contribution in [1.29, 1.82) is 0 Å². The third kappa shape index (κ3) is 8.07. The summed E-state index contributed by atoms with van der Waals surface area (Å²) in [5.74, 6) is -0.0479. The van der Waals surface area contributed by atoms with Crippen molar-refractivity contribution in [2.45, 2.75) is 75.7 Å². The lowest BCUT2D eigenvalue weighted by molar-refractivity contribution is -0.301. The fraction of sp³-hybridized carbons (Fsp3) is 0.882. The number of aldehydes is 1.